The first-order valence-electron chi connectivity index (χ1n) is 3.01. The van der Waals surface area contributed by atoms with Gasteiger partial charge in [0, 0.05) is 22.4 Å². The Morgan fingerprint density at radius 1 is 1.45 bits per heavy atom. The molecule has 4 heteroatoms. The smallest absolute Gasteiger partial charge is 0.263 e. The molecule has 0 spiro atoms. The zero-order chi connectivity index (χ0) is 8.43. The highest BCUT2D eigenvalue weighted by atomic mass is 79.9. The maximum atomic E-state index is 12.2. The van der Waals surface area contributed by atoms with Crippen molar-refractivity contribution in [2.24, 2.45) is 0 Å². The van der Waals surface area contributed by atoms with Gasteiger partial charge in [-0.05, 0) is 28.4 Å². The first-order chi connectivity index (χ1) is 5.13. The van der Waals surface area contributed by atoms with Gasteiger partial charge in [-0.25, -0.2) is 8.78 Å². The lowest BCUT2D eigenvalue weighted by Gasteiger charge is -2.04. The van der Waals surface area contributed by atoms with Gasteiger partial charge in [0.2, 0.25) is 0 Å². The lowest BCUT2D eigenvalue weighted by Crippen LogP contribution is -1.92. The molecule has 0 aliphatic carbocycles. The lowest BCUT2D eigenvalue weighted by atomic mass is 10.2. The van der Waals surface area contributed by atoms with Crippen LogP contribution >= 0.6 is 15.9 Å². The summed E-state index contributed by atoms with van der Waals surface area (Å²) in [6, 6.07) is 0. The lowest BCUT2D eigenvalue weighted by molar-refractivity contribution is 0.149. The van der Waals surface area contributed by atoms with E-state index in [2.05, 4.69) is 20.9 Å². The Balaban J connectivity index is 3.21. The van der Waals surface area contributed by atoms with Gasteiger partial charge in [-0.3, -0.25) is 4.98 Å². The predicted molar refractivity (Wildman–Crippen MR) is 41.6 cm³/mol. The van der Waals surface area contributed by atoms with Crippen molar-refractivity contribution < 1.29 is 8.78 Å². The summed E-state index contributed by atoms with van der Waals surface area (Å²) in [6.07, 6.45) is 0.355. The Morgan fingerprint density at radius 2 is 2.09 bits per heavy atom. The van der Waals surface area contributed by atoms with Crippen LogP contribution in [0.25, 0.3) is 0 Å². The third kappa shape index (κ3) is 1.74. The quantitative estimate of drug-likeness (QED) is 0.711. The van der Waals surface area contributed by atoms with Crippen LogP contribution in [0.1, 0.15) is 17.6 Å². The molecule has 1 rings (SSSR count). The highest BCUT2D eigenvalue weighted by Crippen LogP contribution is 2.28. The molecule has 0 aliphatic rings. The van der Waals surface area contributed by atoms with E-state index in [4.69, 9.17) is 0 Å². The SMILES string of the molecule is Cc1cncc(Br)c1C(F)F. The summed E-state index contributed by atoms with van der Waals surface area (Å²) in [7, 11) is 0. The number of halogens is 3. The van der Waals surface area contributed by atoms with Crippen molar-refractivity contribution in [3.63, 3.8) is 0 Å². The summed E-state index contributed by atoms with van der Waals surface area (Å²) >= 11 is 3.01. The van der Waals surface area contributed by atoms with E-state index in [1.807, 2.05) is 0 Å². The van der Waals surface area contributed by atoms with Gasteiger partial charge in [-0.2, -0.15) is 0 Å². The highest BCUT2D eigenvalue weighted by Gasteiger charge is 2.13. The molecule has 0 fully saturated rings. The molecular formula is C7H6BrF2N. The van der Waals surface area contributed by atoms with E-state index < -0.39 is 6.43 Å². The molecule has 1 heterocycles. The van der Waals surface area contributed by atoms with Gasteiger partial charge in [0.1, 0.15) is 0 Å². The molecule has 0 aromatic carbocycles. The molecule has 0 radical (unpaired) electrons. The minimum absolute atomic E-state index is 0.0278. The van der Waals surface area contributed by atoms with E-state index >= 15 is 0 Å². The summed E-state index contributed by atoms with van der Waals surface area (Å²) in [4.78, 5) is 3.75. The van der Waals surface area contributed by atoms with E-state index in [0.29, 0.717) is 10.0 Å². The zero-order valence-electron chi connectivity index (χ0n) is 5.81. The third-order valence-electron chi connectivity index (χ3n) is 1.36. The molecule has 0 N–H and O–H groups in total. The van der Waals surface area contributed by atoms with Crippen LogP contribution in [-0.4, -0.2) is 4.98 Å². The summed E-state index contributed by atoms with van der Waals surface area (Å²) in [5.74, 6) is 0. The second kappa shape index (κ2) is 3.26. The summed E-state index contributed by atoms with van der Waals surface area (Å²) in [5.41, 5.74) is 0.536. The second-order valence-electron chi connectivity index (χ2n) is 2.15. The number of aryl methyl sites for hydroxylation is 1. The summed E-state index contributed by atoms with van der Waals surface area (Å²) in [5, 5.41) is 0. The van der Waals surface area contributed by atoms with E-state index in [-0.39, 0.29) is 5.56 Å². The minimum atomic E-state index is -2.44. The summed E-state index contributed by atoms with van der Waals surface area (Å²) < 4.78 is 24.8. The number of aromatic nitrogens is 1. The second-order valence-corrected chi connectivity index (χ2v) is 3.01. The fourth-order valence-electron chi connectivity index (χ4n) is 0.818. The molecule has 11 heavy (non-hydrogen) atoms. The summed E-state index contributed by atoms with van der Waals surface area (Å²) in [6.45, 7) is 1.61. The Labute approximate surface area is 71.6 Å². The molecule has 60 valence electrons. The Hall–Kier alpha value is -0.510. The molecule has 0 aliphatic heterocycles. The first-order valence-corrected chi connectivity index (χ1v) is 3.80. The van der Waals surface area contributed by atoms with Crippen LogP contribution in [0.2, 0.25) is 0 Å². The minimum Gasteiger partial charge on any atom is -0.263 e. The van der Waals surface area contributed by atoms with E-state index in [0.717, 1.165) is 0 Å². The molecule has 0 saturated carbocycles. The van der Waals surface area contributed by atoms with Gasteiger partial charge in [0.25, 0.3) is 6.43 Å². The molecule has 0 saturated heterocycles. The van der Waals surface area contributed by atoms with Gasteiger partial charge in [-0.15, -0.1) is 0 Å². The van der Waals surface area contributed by atoms with Crippen molar-refractivity contribution >= 4 is 15.9 Å². The number of nitrogens with zero attached hydrogens (tertiary/aromatic N) is 1. The molecule has 1 aromatic heterocycles. The van der Waals surface area contributed by atoms with Crippen molar-refractivity contribution in [2.75, 3.05) is 0 Å². The standard InChI is InChI=1S/C7H6BrF2N/c1-4-2-11-3-5(8)6(4)7(9)10/h2-3,7H,1H3. The van der Waals surface area contributed by atoms with Gasteiger partial charge < -0.3 is 0 Å². The van der Waals surface area contributed by atoms with Crippen LogP contribution in [-0.2, 0) is 0 Å². The monoisotopic (exact) mass is 221 g/mol. The van der Waals surface area contributed by atoms with Crippen molar-refractivity contribution in [2.45, 2.75) is 13.3 Å². The third-order valence-corrected chi connectivity index (χ3v) is 1.99. The highest BCUT2D eigenvalue weighted by molar-refractivity contribution is 9.10. The van der Waals surface area contributed by atoms with Gasteiger partial charge in [0.15, 0.2) is 0 Å². The van der Waals surface area contributed by atoms with Gasteiger partial charge in [-0.1, -0.05) is 0 Å². The van der Waals surface area contributed by atoms with Crippen LogP contribution in [0.5, 0.6) is 0 Å². The number of hydrogen-bond donors (Lipinski definition) is 0. The fourth-order valence-corrected chi connectivity index (χ4v) is 1.42. The Bertz CT molecular complexity index is 242. The average molecular weight is 222 g/mol. The van der Waals surface area contributed by atoms with Crippen molar-refractivity contribution in [1.82, 2.24) is 4.98 Å². The molecule has 0 bridgehead atoms. The molecule has 1 nitrogen and oxygen atoms in total. The normalized spacial score (nSPS) is 10.6. The predicted octanol–water partition coefficient (Wildman–Crippen LogP) is 3.09. The molecular weight excluding hydrogens is 216 g/mol. The van der Waals surface area contributed by atoms with E-state index in [1.165, 1.54) is 12.4 Å². The number of hydrogen-bond acceptors (Lipinski definition) is 1. The zero-order valence-corrected chi connectivity index (χ0v) is 7.40. The molecule has 0 atom stereocenters. The number of alkyl halides is 2. The Kier molecular flexibility index (Phi) is 2.54. The largest absolute Gasteiger partial charge is 0.265 e. The van der Waals surface area contributed by atoms with Crippen molar-refractivity contribution in [3.05, 3.63) is 28.0 Å². The maximum Gasteiger partial charge on any atom is 0.265 e. The Morgan fingerprint density at radius 3 is 2.45 bits per heavy atom. The first kappa shape index (κ1) is 8.59. The van der Waals surface area contributed by atoms with Crippen molar-refractivity contribution in [3.8, 4) is 0 Å². The van der Waals surface area contributed by atoms with Crippen molar-refractivity contribution in [1.29, 1.82) is 0 Å². The maximum absolute atomic E-state index is 12.2. The average Bonchev–Trinajstić information content (AvgIpc) is 1.85. The van der Waals surface area contributed by atoms with Crippen LogP contribution in [0, 0.1) is 6.92 Å². The van der Waals surface area contributed by atoms with Crippen LogP contribution in [0.4, 0.5) is 8.78 Å². The van der Waals surface area contributed by atoms with Gasteiger partial charge >= 0.3 is 0 Å². The molecule has 0 amide bonds. The number of pyridine rings is 1. The van der Waals surface area contributed by atoms with E-state index in [1.54, 1.807) is 6.92 Å². The fraction of sp³-hybridized carbons (Fsp3) is 0.286. The van der Waals surface area contributed by atoms with Crippen LogP contribution in [0.3, 0.4) is 0 Å². The molecule has 1 aromatic rings. The van der Waals surface area contributed by atoms with Gasteiger partial charge in [0.05, 0.1) is 0 Å². The number of rotatable bonds is 1. The van der Waals surface area contributed by atoms with Crippen LogP contribution in [0.15, 0.2) is 16.9 Å². The van der Waals surface area contributed by atoms with E-state index in [9.17, 15) is 8.78 Å². The molecule has 0 unspecified atom stereocenters. The topological polar surface area (TPSA) is 12.9 Å². The van der Waals surface area contributed by atoms with Crippen LogP contribution < -0.4 is 0 Å².